The maximum atomic E-state index is 13.9. The van der Waals surface area contributed by atoms with Crippen molar-refractivity contribution in [2.24, 2.45) is 11.3 Å². The molecule has 5 aromatic heterocycles. The predicted octanol–water partition coefficient (Wildman–Crippen LogP) is 5.76. The van der Waals surface area contributed by atoms with Gasteiger partial charge in [-0.2, -0.15) is 0 Å². The van der Waals surface area contributed by atoms with Crippen molar-refractivity contribution in [3.8, 4) is 27.3 Å². The number of aromatic nitrogens is 5. The number of fused-ring (bicyclic) bond motifs is 1. The van der Waals surface area contributed by atoms with Crippen LogP contribution in [0.25, 0.3) is 27.2 Å². The van der Waals surface area contributed by atoms with Gasteiger partial charge < -0.3 is 39.0 Å². The molecule has 4 amide bonds. The van der Waals surface area contributed by atoms with E-state index in [9.17, 15) is 24.3 Å². The summed E-state index contributed by atoms with van der Waals surface area (Å²) < 4.78 is 19.1. The first kappa shape index (κ1) is 49.2. The van der Waals surface area contributed by atoms with Crippen LogP contribution in [0, 0.1) is 25.2 Å². The number of nitrogens with zero attached hydrogens (tertiary/aromatic N) is 9. The number of thiazole rings is 1. The summed E-state index contributed by atoms with van der Waals surface area (Å²) in [4.78, 5) is 75.2. The van der Waals surface area contributed by atoms with Gasteiger partial charge in [-0.15, -0.1) is 11.3 Å². The third kappa shape index (κ3) is 10.9. The molecular formula is C51H61N11O8S. The van der Waals surface area contributed by atoms with Crippen LogP contribution in [0.15, 0.2) is 77.3 Å². The number of ether oxygens (including phenoxy) is 2. The third-order valence-corrected chi connectivity index (χ3v) is 14.3. The molecule has 374 valence electrons. The number of amides is 4. The van der Waals surface area contributed by atoms with Gasteiger partial charge in [-0.05, 0) is 63.4 Å². The third-order valence-electron chi connectivity index (χ3n) is 13.3. The molecular weight excluding hydrogens is 927 g/mol. The molecule has 1 spiro atoms. The first-order chi connectivity index (χ1) is 34.0. The zero-order valence-corrected chi connectivity index (χ0v) is 41.9. The van der Waals surface area contributed by atoms with Crippen molar-refractivity contribution < 1.29 is 38.3 Å². The highest BCUT2D eigenvalue weighted by Gasteiger charge is 2.51. The number of carbonyl (C=O) groups excluding carboxylic acids is 4. The van der Waals surface area contributed by atoms with Crippen LogP contribution in [0.1, 0.15) is 62.7 Å². The van der Waals surface area contributed by atoms with Gasteiger partial charge in [0.05, 0.1) is 58.6 Å². The number of nitrogens with one attached hydrogen (secondary N) is 2. The van der Waals surface area contributed by atoms with Crippen molar-refractivity contribution in [2.75, 3.05) is 69.7 Å². The average Bonchev–Trinajstić information content (AvgIpc) is 4.13. The highest BCUT2D eigenvalue weighted by molar-refractivity contribution is 7.13. The second-order valence-electron chi connectivity index (χ2n) is 19.8. The standard InChI is InChI=1S/C51H61N11O8S/c1-30(2)46(42-14-32(5)57-70-42)49(66)62-22-39(63)17-40(62)48(65)53-19-35-9-8-34(47-33(6)54-29-71-47)16-41(35)68-13-12-59-25-51(26-59)27-60(28-51)24-45(64)56-43-23-61-21-36(10-11-44(61)55-43)37-15-38(20-52-18-37)58(7)50(67)69-31(3)4/h8-11,14-16,18,20-21,23,29-31,39-40,46,63H,12-13,17,19,22,24-28H2,1-7H3,(H,53,65)(H,56,64)/t39-,40+,46-/m1/s1. The number of hydrogen-bond acceptors (Lipinski definition) is 15. The van der Waals surface area contributed by atoms with Crippen molar-refractivity contribution in [1.29, 1.82) is 0 Å². The number of likely N-dealkylation sites (tertiary alicyclic amines) is 3. The maximum absolute atomic E-state index is 13.9. The molecule has 3 aliphatic rings. The fraction of sp³-hybridized carbons (Fsp3) is 0.451. The van der Waals surface area contributed by atoms with E-state index in [1.54, 1.807) is 63.8 Å². The van der Waals surface area contributed by atoms with Crippen LogP contribution in [0.4, 0.5) is 16.3 Å². The van der Waals surface area contributed by atoms with Crippen molar-refractivity contribution in [3.05, 3.63) is 95.5 Å². The zero-order chi connectivity index (χ0) is 50.1. The fourth-order valence-corrected chi connectivity index (χ4v) is 10.7. The summed E-state index contributed by atoms with van der Waals surface area (Å²) >= 11 is 1.55. The summed E-state index contributed by atoms with van der Waals surface area (Å²) in [5.41, 5.74) is 8.25. The SMILES string of the molecule is Cc1cc([C@H](C(=O)N2C[C@H](O)C[C@H]2C(=O)NCc2ccc(-c3scnc3C)cc2OCCN2CC3(C2)CN(CC(=O)Nc2cn4cc(-c5cncc(N(C)C(=O)OC(C)C)c5)ccc4n2)C3)C(C)C)on1. The Morgan fingerprint density at radius 1 is 0.972 bits per heavy atom. The first-order valence-corrected chi connectivity index (χ1v) is 24.9. The number of benzene rings is 1. The summed E-state index contributed by atoms with van der Waals surface area (Å²) in [7, 11) is 1.64. The molecule has 9 rings (SSSR count). The average molecular weight is 988 g/mol. The number of hydrogen-bond donors (Lipinski definition) is 3. The van der Waals surface area contributed by atoms with E-state index in [1.165, 1.54) is 9.80 Å². The topological polar surface area (TPSA) is 213 Å². The molecule has 3 saturated heterocycles. The molecule has 71 heavy (non-hydrogen) atoms. The lowest BCUT2D eigenvalue weighted by Crippen LogP contribution is -2.72. The van der Waals surface area contributed by atoms with Gasteiger partial charge in [0, 0.05) is 99.8 Å². The van der Waals surface area contributed by atoms with Gasteiger partial charge in [-0.1, -0.05) is 31.1 Å². The lowest BCUT2D eigenvalue weighted by Gasteiger charge is -2.60. The Morgan fingerprint density at radius 3 is 2.46 bits per heavy atom. The molecule has 20 heteroatoms. The molecule has 3 N–H and O–H groups in total. The Balaban J connectivity index is 0.754. The second-order valence-corrected chi connectivity index (χ2v) is 20.6. The van der Waals surface area contributed by atoms with E-state index in [-0.39, 0.29) is 61.2 Å². The van der Waals surface area contributed by atoms with Crippen molar-refractivity contribution in [1.82, 2.24) is 44.5 Å². The molecule has 0 aliphatic carbocycles. The quantitative estimate of drug-likeness (QED) is 0.0992. The van der Waals surface area contributed by atoms with Gasteiger partial charge in [0.25, 0.3) is 0 Å². The van der Waals surface area contributed by atoms with Gasteiger partial charge in [0.2, 0.25) is 17.7 Å². The molecule has 3 fully saturated rings. The van der Waals surface area contributed by atoms with E-state index in [1.807, 2.05) is 73.3 Å². The van der Waals surface area contributed by atoms with Crippen LogP contribution in [0.2, 0.25) is 0 Å². The van der Waals surface area contributed by atoms with E-state index >= 15 is 0 Å². The number of aryl methyl sites for hydroxylation is 2. The highest BCUT2D eigenvalue weighted by Crippen LogP contribution is 2.40. The number of carbonyl (C=O) groups is 4. The molecule has 1 aromatic carbocycles. The second kappa shape index (κ2) is 20.5. The van der Waals surface area contributed by atoms with E-state index in [0.29, 0.717) is 47.5 Å². The number of anilines is 2. The summed E-state index contributed by atoms with van der Waals surface area (Å²) in [6.45, 7) is 16.3. The van der Waals surface area contributed by atoms with Gasteiger partial charge in [-0.25, -0.2) is 14.8 Å². The van der Waals surface area contributed by atoms with Crippen molar-refractivity contribution >= 4 is 52.3 Å². The minimum Gasteiger partial charge on any atom is -0.492 e. The van der Waals surface area contributed by atoms with Crippen LogP contribution < -0.4 is 20.3 Å². The Morgan fingerprint density at radius 2 is 1.75 bits per heavy atom. The molecule has 0 unspecified atom stereocenters. The van der Waals surface area contributed by atoms with Crippen LogP contribution in [-0.4, -0.2) is 146 Å². The lowest BCUT2D eigenvalue weighted by atomic mass is 9.73. The molecule has 0 saturated carbocycles. The summed E-state index contributed by atoms with van der Waals surface area (Å²) in [5.74, 6) is 0.0295. The normalized spacial score (nSPS) is 18.1. The van der Waals surface area contributed by atoms with E-state index < -0.39 is 24.2 Å². The van der Waals surface area contributed by atoms with E-state index in [2.05, 4.69) is 40.5 Å². The zero-order valence-electron chi connectivity index (χ0n) is 41.1. The Bertz CT molecular complexity index is 2920. The minimum atomic E-state index is -0.845. The van der Waals surface area contributed by atoms with Crippen molar-refractivity contribution in [3.63, 3.8) is 0 Å². The minimum absolute atomic E-state index is 0.0544. The van der Waals surface area contributed by atoms with Gasteiger partial charge in [-0.3, -0.25) is 34.1 Å². The molecule has 0 bridgehead atoms. The summed E-state index contributed by atoms with van der Waals surface area (Å²) in [5, 5.41) is 20.6. The molecule has 6 aromatic rings. The first-order valence-electron chi connectivity index (χ1n) is 24.0. The monoisotopic (exact) mass is 987 g/mol. The molecule has 3 aliphatic heterocycles. The summed E-state index contributed by atoms with van der Waals surface area (Å²) in [6.07, 6.45) is 5.63. The number of β-amino-alcohol motifs (C(OH)–C–C–N with tert-alkyl or cyclic N) is 1. The predicted molar refractivity (Wildman–Crippen MR) is 267 cm³/mol. The lowest BCUT2D eigenvalue weighted by molar-refractivity contribution is -0.141. The van der Waals surface area contributed by atoms with Crippen LogP contribution in [-0.2, 0) is 25.7 Å². The van der Waals surface area contributed by atoms with Gasteiger partial charge >= 0.3 is 6.09 Å². The number of aliphatic hydroxyl groups excluding tert-OH is 1. The molecule has 0 radical (unpaired) electrons. The van der Waals surface area contributed by atoms with E-state index in [0.717, 1.165) is 59.0 Å². The highest BCUT2D eigenvalue weighted by atomic mass is 32.1. The van der Waals surface area contributed by atoms with Crippen LogP contribution in [0.5, 0.6) is 5.75 Å². The van der Waals surface area contributed by atoms with Gasteiger partial charge in [0.1, 0.15) is 35.7 Å². The number of aliphatic hydroxyl groups is 1. The van der Waals surface area contributed by atoms with E-state index in [4.69, 9.17) is 14.0 Å². The van der Waals surface area contributed by atoms with Gasteiger partial charge in [0.15, 0.2) is 5.82 Å². The number of imidazole rings is 1. The number of rotatable bonds is 17. The molecule has 19 nitrogen and oxygen atoms in total. The number of pyridine rings is 2. The smallest absolute Gasteiger partial charge is 0.414 e. The Labute approximate surface area is 416 Å². The Kier molecular flexibility index (Phi) is 14.2. The molecule has 3 atom stereocenters. The fourth-order valence-electron chi connectivity index (χ4n) is 9.93. The van der Waals surface area contributed by atoms with Crippen LogP contribution >= 0.6 is 11.3 Å². The van der Waals surface area contributed by atoms with Crippen molar-refractivity contribution in [2.45, 2.75) is 78.7 Å². The Hall–Kier alpha value is -6.74. The largest absolute Gasteiger partial charge is 0.492 e. The maximum Gasteiger partial charge on any atom is 0.414 e. The van der Waals surface area contributed by atoms with Crippen LogP contribution in [0.3, 0.4) is 0 Å². The summed E-state index contributed by atoms with van der Waals surface area (Å²) in [6, 6.07) is 12.5. The molecule has 8 heterocycles.